The molecule has 0 aromatic carbocycles. The number of hydrogen-bond acceptors (Lipinski definition) is 2. The van der Waals surface area contributed by atoms with Crippen molar-refractivity contribution in [3.63, 3.8) is 0 Å². The lowest BCUT2D eigenvalue weighted by Crippen LogP contribution is -2.38. The van der Waals surface area contributed by atoms with E-state index in [9.17, 15) is 4.79 Å². The Hall–Kier alpha value is -1.45. The maximum Gasteiger partial charge on any atom is 0.270 e. The van der Waals surface area contributed by atoms with Gasteiger partial charge in [-0.25, -0.2) is 0 Å². The highest BCUT2D eigenvalue weighted by molar-refractivity contribution is 5.94. The number of rotatable bonds is 5. The Balaban J connectivity index is 1.74. The Morgan fingerprint density at radius 2 is 2.00 bits per heavy atom. The van der Waals surface area contributed by atoms with Crippen molar-refractivity contribution in [1.82, 2.24) is 9.47 Å². The van der Waals surface area contributed by atoms with Gasteiger partial charge >= 0.3 is 0 Å². The zero-order chi connectivity index (χ0) is 14.8. The van der Waals surface area contributed by atoms with Crippen LogP contribution < -0.4 is 5.73 Å². The number of carbonyl (C=O) groups is 1. The predicted molar refractivity (Wildman–Crippen MR) is 85.2 cm³/mol. The summed E-state index contributed by atoms with van der Waals surface area (Å²) >= 11 is 0. The average Bonchev–Trinajstić information content (AvgIpc) is 3.27. The van der Waals surface area contributed by atoms with Gasteiger partial charge in [-0.1, -0.05) is 19.3 Å². The number of amides is 1. The van der Waals surface area contributed by atoms with Gasteiger partial charge in [0.1, 0.15) is 5.69 Å². The monoisotopic (exact) mass is 289 g/mol. The number of carbonyl (C=O) groups excluding carboxylic acids is 1. The second kappa shape index (κ2) is 6.12. The van der Waals surface area contributed by atoms with E-state index in [1.165, 1.54) is 44.9 Å². The smallest absolute Gasteiger partial charge is 0.270 e. The normalized spacial score (nSPS) is 19.7. The summed E-state index contributed by atoms with van der Waals surface area (Å²) in [4.78, 5) is 15.1. The summed E-state index contributed by atoms with van der Waals surface area (Å²) in [6.07, 6.45) is 10.8. The summed E-state index contributed by atoms with van der Waals surface area (Å²) in [6, 6.07) is 2.31. The lowest BCUT2D eigenvalue weighted by Gasteiger charge is -2.30. The van der Waals surface area contributed by atoms with Crippen LogP contribution in [-0.4, -0.2) is 28.0 Å². The molecule has 0 radical (unpaired) electrons. The fourth-order valence-electron chi connectivity index (χ4n) is 3.55. The molecule has 2 aliphatic rings. The summed E-state index contributed by atoms with van der Waals surface area (Å²) in [7, 11) is 0. The molecule has 4 nitrogen and oxygen atoms in total. The van der Waals surface area contributed by atoms with E-state index in [-0.39, 0.29) is 5.91 Å². The van der Waals surface area contributed by atoms with Gasteiger partial charge in [-0.05, 0) is 44.6 Å². The van der Waals surface area contributed by atoms with Crippen LogP contribution in [0.4, 0.5) is 5.69 Å². The fourth-order valence-corrected chi connectivity index (χ4v) is 3.55. The number of aryl methyl sites for hydroxylation is 1. The second-order valence-corrected chi connectivity index (χ2v) is 6.64. The highest BCUT2D eigenvalue weighted by Gasteiger charge is 2.35. The first-order valence-corrected chi connectivity index (χ1v) is 8.45. The zero-order valence-electron chi connectivity index (χ0n) is 13.1. The van der Waals surface area contributed by atoms with Crippen molar-refractivity contribution >= 4 is 11.6 Å². The van der Waals surface area contributed by atoms with Gasteiger partial charge in [0.05, 0.1) is 5.69 Å². The van der Waals surface area contributed by atoms with Crippen molar-refractivity contribution < 1.29 is 4.79 Å². The molecule has 1 aromatic rings. The number of nitrogens with two attached hydrogens (primary N) is 1. The lowest BCUT2D eigenvalue weighted by atomic mass is 9.89. The standard InChI is InChI=1S/C17H27N3O/c1-2-19-12-14(18)10-16(19)17(21)20(15-8-9-15)11-13-6-4-3-5-7-13/h10,12-13,15H,2-9,11,18H2,1H3. The molecule has 0 saturated heterocycles. The third-order valence-electron chi connectivity index (χ3n) is 4.91. The van der Waals surface area contributed by atoms with Crippen LogP contribution in [0.1, 0.15) is 62.4 Å². The molecule has 2 N–H and O–H groups in total. The molecule has 0 bridgehead atoms. The molecule has 116 valence electrons. The molecule has 0 unspecified atom stereocenters. The molecule has 0 spiro atoms. The quantitative estimate of drug-likeness (QED) is 0.904. The van der Waals surface area contributed by atoms with Crippen LogP contribution in [0.5, 0.6) is 0 Å². The molecular weight excluding hydrogens is 262 g/mol. The molecule has 21 heavy (non-hydrogen) atoms. The SMILES string of the molecule is CCn1cc(N)cc1C(=O)N(CC1CCCCC1)C1CC1. The molecule has 0 atom stereocenters. The highest BCUT2D eigenvalue weighted by atomic mass is 16.2. The third kappa shape index (κ3) is 3.25. The maximum absolute atomic E-state index is 12.9. The Morgan fingerprint density at radius 1 is 1.29 bits per heavy atom. The van der Waals surface area contributed by atoms with Crippen molar-refractivity contribution in [3.05, 3.63) is 18.0 Å². The Kier molecular flexibility index (Phi) is 4.22. The largest absolute Gasteiger partial charge is 0.397 e. The van der Waals surface area contributed by atoms with Gasteiger partial charge in [0, 0.05) is 25.3 Å². The summed E-state index contributed by atoms with van der Waals surface area (Å²) in [5.41, 5.74) is 7.33. The van der Waals surface area contributed by atoms with Crippen molar-refractivity contribution in [3.8, 4) is 0 Å². The number of hydrogen-bond donors (Lipinski definition) is 1. The van der Waals surface area contributed by atoms with E-state index in [1.54, 1.807) is 0 Å². The van der Waals surface area contributed by atoms with E-state index < -0.39 is 0 Å². The molecular formula is C17H27N3O. The van der Waals surface area contributed by atoms with Crippen LogP contribution in [0, 0.1) is 5.92 Å². The van der Waals surface area contributed by atoms with Gasteiger partial charge in [0.25, 0.3) is 5.91 Å². The van der Waals surface area contributed by atoms with E-state index in [4.69, 9.17) is 5.73 Å². The van der Waals surface area contributed by atoms with Crippen LogP contribution >= 0.6 is 0 Å². The first-order valence-electron chi connectivity index (χ1n) is 8.45. The van der Waals surface area contributed by atoms with Crippen LogP contribution in [0.15, 0.2) is 12.3 Å². The number of nitrogen functional groups attached to an aromatic ring is 1. The molecule has 0 aliphatic heterocycles. The van der Waals surface area contributed by atoms with Crippen LogP contribution in [0.3, 0.4) is 0 Å². The first kappa shape index (κ1) is 14.5. The van der Waals surface area contributed by atoms with Crippen LogP contribution in [-0.2, 0) is 6.54 Å². The molecule has 2 aliphatic carbocycles. The maximum atomic E-state index is 12.9. The van der Waals surface area contributed by atoms with Crippen molar-refractivity contribution in [2.45, 2.75) is 64.5 Å². The summed E-state index contributed by atoms with van der Waals surface area (Å²) in [5.74, 6) is 0.882. The molecule has 1 amide bonds. The number of aromatic nitrogens is 1. The molecule has 2 saturated carbocycles. The predicted octanol–water partition coefficient (Wildman–Crippen LogP) is 3.28. The fraction of sp³-hybridized carbons (Fsp3) is 0.706. The first-order chi connectivity index (χ1) is 10.2. The van der Waals surface area contributed by atoms with Crippen LogP contribution in [0.25, 0.3) is 0 Å². The average molecular weight is 289 g/mol. The van der Waals surface area contributed by atoms with Crippen molar-refractivity contribution in [2.24, 2.45) is 5.92 Å². The lowest BCUT2D eigenvalue weighted by molar-refractivity contribution is 0.0688. The minimum Gasteiger partial charge on any atom is -0.397 e. The molecule has 2 fully saturated rings. The highest BCUT2D eigenvalue weighted by Crippen LogP contribution is 2.32. The van der Waals surface area contributed by atoms with Gasteiger partial charge < -0.3 is 15.2 Å². The van der Waals surface area contributed by atoms with E-state index in [2.05, 4.69) is 11.8 Å². The zero-order valence-corrected chi connectivity index (χ0v) is 13.1. The molecule has 1 heterocycles. The Bertz CT molecular complexity index is 498. The minimum absolute atomic E-state index is 0.182. The molecule has 4 heteroatoms. The number of anilines is 1. The molecule has 3 rings (SSSR count). The van der Waals surface area contributed by atoms with E-state index >= 15 is 0 Å². The van der Waals surface area contributed by atoms with Gasteiger partial charge in [-0.3, -0.25) is 4.79 Å². The summed E-state index contributed by atoms with van der Waals surface area (Å²) in [5, 5.41) is 0. The topological polar surface area (TPSA) is 51.3 Å². The third-order valence-corrected chi connectivity index (χ3v) is 4.91. The minimum atomic E-state index is 0.182. The second-order valence-electron chi connectivity index (χ2n) is 6.64. The number of nitrogens with zero attached hydrogens (tertiary/aromatic N) is 2. The van der Waals surface area contributed by atoms with Gasteiger partial charge in [0.2, 0.25) is 0 Å². The Morgan fingerprint density at radius 3 is 2.62 bits per heavy atom. The van der Waals surface area contributed by atoms with E-state index in [0.29, 0.717) is 17.6 Å². The molecule has 1 aromatic heterocycles. The van der Waals surface area contributed by atoms with Crippen LogP contribution in [0.2, 0.25) is 0 Å². The van der Waals surface area contributed by atoms with Gasteiger partial charge in [0.15, 0.2) is 0 Å². The summed E-state index contributed by atoms with van der Waals surface area (Å²) < 4.78 is 1.98. The van der Waals surface area contributed by atoms with Crippen molar-refractivity contribution in [2.75, 3.05) is 12.3 Å². The van der Waals surface area contributed by atoms with Gasteiger partial charge in [-0.15, -0.1) is 0 Å². The Labute approximate surface area is 127 Å². The van der Waals surface area contributed by atoms with Crippen molar-refractivity contribution in [1.29, 1.82) is 0 Å². The summed E-state index contributed by atoms with van der Waals surface area (Å²) in [6.45, 7) is 3.79. The van der Waals surface area contributed by atoms with E-state index in [1.807, 2.05) is 16.8 Å². The van der Waals surface area contributed by atoms with E-state index in [0.717, 1.165) is 18.8 Å². The van der Waals surface area contributed by atoms with Gasteiger partial charge in [-0.2, -0.15) is 0 Å².